The Morgan fingerprint density at radius 2 is 2.04 bits per heavy atom. The van der Waals surface area contributed by atoms with Crippen molar-refractivity contribution in [2.45, 2.75) is 38.0 Å². The lowest BCUT2D eigenvalue weighted by Gasteiger charge is -2.30. The molecule has 2 aromatic carbocycles. The number of nitrogens with zero attached hydrogens (tertiary/aromatic N) is 2. The summed E-state index contributed by atoms with van der Waals surface area (Å²) in [5.74, 6) is 2.26. The van der Waals surface area contributed by atoms with Crippen molar-refractivity contribution in [2.75, 3.05) is 7.05 Å². The number of rotatable bonds is 7. The minimum absolute atomic E-state index is 0.507. The number of benzene rings is 2. The Bertz CT molecular complexity index is 1100. The lowest BCUT2D eigenvalue weighted by Crippen LogP contribution is -2.17. The van der Waals surface area contributed by atoms with Crippen LogP contribution in [0.5, 0.6) is 0 Å². The highest BCUT2D eigenvalue weighted by atomic mass is 14.9. The van der Waals surface area contributed by atoms with Crippen LogP contribution in [0, 0.1) is 5.92 Å². The molecule has 1 heterocycles. The van der Waals surface area contributed by atoms with E-state index in [1.807, 2.05) is 7.05 Å². The standard InChI is InChI=1S/C25H25N3/c1-3-19(26-2)13-12-16-6-4-7-18(14-16)25-27-22-9-5-8-20-21(15-17-10-11-17)24(28-25)23(20)22/h4-9,14,17,21,26H,1,10-13,15H2,2H3. The molecule has 28 heavy (non-hydrogen) atoms. The lowest BCUT2D eigenvalue weighted by molar-refractivity contribution is 0.620. The van der Waals surface area contributed by atoms with Gasteiger partial charge in [-0.3, -0.25) is 0 Å². The molecule has 0 bridgehead atoms. The van der Waals surface area contributed by atoms with Crippen molar-refractivity contribution in [2.24, 2.45) is 5.92 Å². The van der Waals surface area contributed by atoms with Gasteiger partial charge in [-0.1, -0.05) is 49.8 Å². The molecule has 1 atom stereocenters. The molecule has 0 saturated heterocycles. The van der Waals surface area contributed by atoms with Crippen molar-refractivity contribution in [1.29, 1.82) is 0 Å². The molecule has 0 radical (unpaired) electrons. The monoisotopic (exact) mass is 367 g/mol. The van der Waals surface area contributed by atoms with E-state index in [1.165, 1.54) is 41.5 Å². The van der Waals surface area contributed by atoms with Crippen LogP contribution in [-0.4, -0.2) is 17.0 Å². The summed E-state index contributed by atoms with van der Waals surface area (Å²) in [4.78, 5) is 9.92. The molecule has 3 heteroatoms. The van der Waals surface area contributed by atoms with Gasteiger partial charge >= 0.3 is 0 Å². The maximum atomic E-state index is 5.03. The summed E-state index contributed by atoms with van der Waals surface area (Å²) in [7, 11) is 1.92. The Labute approximate surface area is 166 Å². The number of aromatic nitrogens is 2. The van der Waals surface area contributed by atoms with Crippen LogP contribution in [0.15, 0.2) is 60.5 Å². The van der Waals surface area contributed by atoms with E-state index in [0.717, 1.165) is 41.4 Å². The fraction of sp³-hybridized carbons (Fsp3) is 0.320. The quantitative estimate of drug-likeness (QED) is 0.571. The molecule has 1 fully saturated rings. The molecular weight excluding hydrogens is 342 g/mol. The smallest absolute Gasteiger partial charge is 0.160 e. The minimum atomic E-state index is 0.507. The van der Waals surface area contributed by atoms with Crippen LogP contribution >= 0.6 is 0 Å². The zero-order chi connectivity index (χ0) is 19.1. The van der Waals surface area contributed by atoms with E-state index >= 15 is 0 Å². The molecule has 2 aliphatic carbocycles. The molecule has 2 aliphatic rings. The highest BCUT2D eigenvalue weighted by Gasteiger charge is 2.36. The molecular formula is C25H25N3. The predicted octanol–water partition coefficient (Wildman–Crippen LogP) is 5.36. The normalized spacial score (nSPS) is 17.1. The average molecular weight is 367 g/mol. The Morgan fingerprint density at radius 1 is 1.18 bits per heavy atom. The van der Waals surface area contributed by atoms with Gasteiger partial charge in [-0.2, -0.15) is 0 Å². The van der Waals surface area contributed by atoms with Gasteiger partial charge in [-0.05, 0) is 48.4 Å². The summed E-state index contributed by atoms with van der Waals surface area (Å²) < 4.78 is 0. The number of allylic oxidation sites excluding steroid dienone is 1. The molecule has 1 aromatic heterocycles. The van der Waals surface area contributed by atoms with Crippen molar-refractivity contribution in [3.8, 4) is 11.4 Å². The zero-order valence-electron chi connectivity index (χ0n) is 16.3. The lowest BCUT2D eigenvalue weighted by atomic mass is 9.77. The molecule has 0 spiro atoms. The number of hydrogen-bond donors (Lipinski definition) is 1. The van der Waals surface area contributed by atoms with Crippen molar-refractivity contribution in [3.63, 3.8) is 0 Å². The van der Waals surface area contributed by atoms with Crippen LogP contribution in [0.25, 0.3) is 22.3 Å². The van der Waals surface area contributed by atoms with Gasteiger partial charge in [0.2, 0.25) is 0 Å². The van der Waals surface area contributed by atoms with Gasteiger partial charge < -0.3 is 5.32 Å². The first-order valence-corrected chi connectivity index (χ1v) is 10.2. The summed E-state index contributed by atoms with van der Waals surface area (Å²) in [6.07, 6.45) is 5.87. The van der Waals surface area contributed by atoms with Gasteiger partial charge in [0.25, 0.3) is 0 Å². The van der Waals surface area contributed by atoms with Crippen LogP contribution < -0.4 is 5.32 Å². The van der Waals surface area contributed by atoms with Crippen molar-refractivity contribution in [1.82, 2.24) is 15.3 Å². The van der Waals surface area contributed by atoms with Crippen molar-refractivity contribution < 1.29 is 0 Å². The second kappa shape index (κ2) is 6.92. The molecule has 1 N–H and O–H groups in total. The molecule has 0 amide bonds. The van der Waals surface area contributed by atoms with E-state index in [-0.39, 0.29) is 0 Å². The Balaban J connectivity index is 1.47. The summed E-state index contributed by atoms with van der Waals surface area (Å²) >= 11 is 0. The predicted molar refractivity (Wildman–Crippen MR) is 114 cm³/mol. The SMILES string of the molecule is C=C=C(CCc1cccc(-c2nc3c4c(cccc4n2)C3CC2CC2)c1)NC. The van der Waals surface area contributed by atoms with Gasteiger partial charge in [-0.25, -0.2) is 9.97 Å². The fourth-order valence-corrected chi connectivity index (χ4v) is 4.34. The topological polar surface area (TPSA) is 37.8 Å². The summed E-state index contributed by atoms with van der Waals surface area (Å²) in [6, 6.07) is 15.2. The molecule has 3 nitrogen and oxygen atoms in total. The van der Waals surface area contributed by atoms with Gasteiger partial charge in [0, 0.05) is 23.9 Å². The van der Waals surface area contributed by atoms with Gasteiger partial charge in [0.15, 0.2) is 5.82 Å². The first kappa shape index (κ1) is 17.2. The number of nitrogens with one attached hydrogen (secondary N) is 1. The van der Waals surface area contributed by atoms with E-state index < -0.39 is 0 Å². The van der Waals surface area contributed by atoms with Crippen LogP contribution in [0.3, 0.4) is 0 Å². The molecule has 1 saturated carbocycles. The van der Waals surface area contributed by atoms with Gasteiger partial charge in [-0.15, -0.1) is 5.73 Å². The zero-order valence-corrected chi connectivity index (χ0v) is 16.3. The largest absolute Gasteiger partial charge is 0.385 e. The molecule has 5 rings (SSSR count). The Morgan fingerprint density at radius 3 is 2.82 bits per heavy atom. The van der Waals surface area contributed by atoms with Gasteiger partial charge in [0.1, 0.15) is 0 Å². The van der Waals surface area contributed by atoms with E-state index in [4.69, 9.17) is 9.97 Å². The van der Waals surface area contributed by atoms with Crippen LogP contribution in [0.1, 0.15) is 48.4 Å². The van der Waals surface area contributed by atoms with E-state index in [0.29, 0.717) is 5.92 Å². The van der Waals surface area contributed by atoms with Crippen molar-refractivity contribution >= 4 is 10.9 Å². The number of hydrogen-bond acceptors (Lipinski definition) is 3. The second-order valence-corrected chi connectivity index (χ2v) is 8.01. The first-order valence-electron chi connectivity index (χ1n) is 10.2. The third-order valence-electron chi connectivity index (χ3n) is 6.12. The summed E-state index contributed by atoms with van der Waals surface area (Å²) in [5.41, 5.74) is 10.2. The minimum Gasteiger partial charge on any atom is -0.385 e. The summed E-state index contributed by atoms with van der Waals surface area (Å²) in [5, 5.41) is 4.44. The van der Waals surface area contributed by atoms with Crippen LogP contribution in [-0.2, 0) is 6.42 Å². The third kappa shape index (κ3) is 3.02. The maximum absolute atomic E-state index is 5.03. The van der Waals surface area contributed by atoms with Crippen LogP contribution in [0.2, 0.25) is 0 Å². The van der Waals surface area contributed by atoms with Crippen molar-refractivity contribution in [3.05, 3.63) is 77.3 Å². The third-order valence-corrected chi connectivity index (χ3v) is 6.12. The van der Waals surface area contributed by atoms with E-state index in [9.17, 15) is 0 Å². The fourth-order valence-electron chi connectivity index (χ4n) is 4.34. The van der Waals surface area contributed by atoms with Gasteiger partial charge in [0.05, 0.1) is 16.9 Å². The Hall–Kier alpha value is -2.90. The molecule has 1 unspecified atom stereocenters. The summed E-state index contributed by atoms with van der Waals surface area (Å²) in [6.45, 7) is 3.74. The Kier molecular flexibility index (Phi) is 4.26. The molecule has 0 aliphatic heterocycles. The average Bonchev–Trinajstić information content (AvgIpc) is 3.56. The van der Waals surface area contributed by atoms with E-state index in [1.54, 1.807) is 0 Å². The molecule has 140 valence electrons. The first-order chi connectivity index (χ1) is 13.8. The van der Waals surface area contributed by atoms with E-state index in [2.05, 4.69) is 60.1 Å². The molecule has 3 aromatic rings. The maximum Gasteiger partial charge on any atom is 0.160 e. The highest BCUT2D eigenvalue weighted by molar-refractivity contribution is 5.93. The number of aryl methyl sites for hydroxylation is 1. The van der Waals surface area contributed by atoms with Crippen LogP contribution in [0.4, 0.5) is 0 Å². The second-order valence-electron chi connectivity index (χ2n) is 8.01. The highest BCUT2D eigenvalue weighted by Crippen LogP contribution is 2.50.